The van der Waals surface area contributed by atoms with Crippen molar-refractivity contribution >= 4 is 39.1 Å². The van der Waals surface area contributed by atoms with Gasteiger partial charge in [0, 0.05) is 23.4 Å². The van der Waals surface area contributed by atoms with Gasteiger partial charge < -0.3 is 15.0 Å². The Bertz CT molecular complexity index is 1220. The Morgan fingerprint density at radius 1 is 1.29 bits per heavy atom. The molecule has 1 saturated heterocycles. The standard InChI is InChI=1S/C18H15ClFN3O4S/c1-27-13-5-9(10(19)6-11(13)20)14-7-12-16(28-14)17(25)23(18(26)22-12)8-2-3-21-15(24)4-8/h5-8H,2-4H2,1H3,(H,21,24)(H,22,26). The molecule has 146 valence electrons. The van der Waals surface area contributed by atoms with Crippen LogP contribution in [0, 0.1) is 5.82 Å². The van der Waals surface area contributed by atoms with Crippen molar-refractivity contribution in [2.24, 2.45) is 0 Å². The molecular formula is C18H15ClFN3O4S. The van der Waals surface area contributed by atoms with Crippen molar-refractivity contribution in [1.82, 2.24) is 14.9 Å². The summed E-state index contributed by atoms with van der Waals surface area (Å²) in [5.74, 6) is -0.764. The van der Waals surface area contributed by atoms with Gasteiger partial charge in [-0.1, -0.05) is 11.6 Å². The largest absolute Gasteiger partial charge is 0.494 e. The third-order valence-electron chi connectivity index (χ3n) is 4.70. The average molecular weight is 424 g/mol. The molecule has 10 heteroatoms. The van der Waals surface area contributed by atoms with E-state index in [1.165, 1.54) is 13.2 Å². The number of hydrogen-bond acceptors (Lipinski definition) is 5. The normalized spacial score (nSPS) is 17.0. The van der Waals surface area contributed by atoms with Gasteiger partial charge in [-0.15, -0.1) is 11.3 Å². The Kier molecular flexibility index (Phi) is 4.72. The number of aromatic amines is 1. The molecule has 3 aromatic rings. The number of nitrogens with one attached hydrogen (secondary N) is 2. The first-order chi connectivity index (χ1) is 13.4. The van der Waals surface area contributed by atoms with Crippen LogP contribution in [0.2, 0.25) is 5.02 Å². The van der Waals surface area contributed by atoms with Crippen molar-refractivity contribution in [3.05, 3.63) is 49.9 Å². The second kappa shape index (κ2) is 7.06. The Balaban J connectivity index is 1.87. The number of nitrogens with zero attached hydrogens (tertiary/aromatic N) is 1. The Labute approximate surface area is 166 Å². The fraction of sp³-hybridized carbons (Fsp3) is 0.278. The number of hydrogen-bond donors (Lipinski definition) is 2. The fourth-order valence-corrected chi connectivity index (χ4v) is 4.73. The monoisotopic (exact) mass is 423 g/mol. The summed E-state index contributed by atoms with van der Waals surface area (Å²) in [6.45, 7) is 0.411. The number of amides is 1. The highest BCUT2D eigenvalue weighted by Crippen LogP contribution is 2.38. The minimum Gasteiger partial charge on any atom is -0.494 e. The molecule has 2 aromatic heterocycles. The molecule has 0 spiro atoms. The smallest absolute Gasteiger partial charge is 0.329 e. The summed E-state index contributed by atoms with van der Waals surface area (Å²) in [7, 11) is 1.34. The molecule has 1 fully saturated rings. The van der Waals surface area contributed by atoms with E-state index >= 15 is 0 Å². The number of rotatable bonds is 3. The van der Waals surface area contributed by atoms with Crippen LogP contribution in [0.25, 0.3) is 20.7 Å². The number of piperidine rings is 1. The number of benzene rings is 1. The molecule has 2 N–H and O–H groups in total. The number of thiophene rings is 1. The van der Waals surface area contributed by atoms with Gasteiger partial charge >= 0.3 is 5.69 Å². The van der Waals surface area contributed by atoms with Crippen molar-refractivity contribution in [3.63, 3.8) is 0 Å². The lowest BCUT2D eigenvalue weighted by Gasteiger charge is -2.23. The second-order valence-corrected chi connectivity index (χ2v) is 7.88. The van der Waals surface area contributed by atoms with Crippen LogP contribution < -0.4 is 21.3 Å². The highest BCUT2D eigenvalue weighted by atomic mass is 35.5. The average Bonchev–Trinajstić information content (AvgIpc) is 3.06. The first-order valence-corrected chi connectivity index (χ1v) is 9.67. The van der Waals surface area contributed by atoms with Crippen molar-refractivity contribution in [3.8, 4) is 16.2 Å². The Morgan fingerprint density at radius 3 is 2.79 bits per heavy atom. The van der Waals surface area contributed by atoms with Crippen LogP contribution in [0.5, 0.6) is 5.75 Å². The van der Waals surface area contributed by atoms with Gasteiger partial charge in [0.1, 0.15) is 4.70 Å². The van der Waals surface area contributed by atoms with Crippen molar-refractivity contribution in [2.45, 2.75) is 18.9 Å². The van der Waals surface area contributed by atoms with Crippen LogP contribution in [-0.4, -0.2) is 29.1 Å². The Morgan fingerprint density at radius 2 is 2.07 bits per heavy atom. The van der Waals surface area contributed by atoms with Crippen LogP contribution in [0.1, 0.15) is 18.9 Å². The third-order valence-corrected chi connectivity index (χ3v) is 6.17. The molecule has 1 amide bonds. The second-order valence-electron chi connectivity index (χ2n) is 6.42. The van der Waals surface area contributed by atoms with Crippen LogP contribution >= 0.6 is 22.9 Å². The summed E-state index contributed by atoms with van der Waals surface area (Å²) in [6.07, 6.45) is 0.577. The predicted molar refractivity (Wildman–Crippen MR) is 105 cm³/mol. The van der Waals surface area contributed by atoms with E-state index in [1.807, 2.05) is 0 Å². The molecular weight excluding hydrogens is 409 g/mol. The zero-order chi connectivity index (χ0) is 20.0. The minimum atomic E-state index is -0.594. The summed E-state index contributed by atoms with van der Waals surface area (Å²) in [4.78, 5) is 40.4. The van der Waals surface area contributed by atoms with Crippen LogP contribution in [0.3, 0.4) is 0 Å². The van der Waals surface area contributed by atoms with Crippen LogP contribution in [0.15, 0.2) is 27.8 Å². The van der Waals surface area contributed by atoms with Gasteiger partial charge in [0.15, 0.2) is 11.6 Å². The van der Waals surface area contributed by atoms with Crippen molar-refractivity contribution in [1.29, 1.82) is 0 Å². The molecule has 0 aliphatic carbocycles. The number of ether oxygens (including phenoxy) is 1. The van der Waals surface area contributed by atoms with Gasteiger partial charge in [0.05, 0.1) is 23.7 Å². The maximum absolute atomic E-state index is 13.8. The van der Waals surface area contributed by atoms with Gasteiger partial charge in [-0.05, 0) is 24.6 Å². The van der Waals surface area contributed by atoms with Gasteiger partial charge in [0.25, 0.3) is 5.56 Å². The molecule has 7 nitrogen and oxygen atoms in total. The first-order valence-electron chi connectivity index (χ1n) is 8.47. The number of H-pyrrole nitrogens is 1. The highest BCUT2D eigenvalue weighted by molar-refractivity contribution is 7.22. The van der Waals surface area contributed by atoms with Gasteiger partial charge in [-0.25, -0.2) is 9.18 Å². The van der Waals surface area contributed by atoms with Gasteiger partial charge in [-0.2, -0.15) is 0 Å². The van der Waals surface area contributed by atoms with E-state index in [1.54, 1.807) is 6.07 Å². The number of carbonyl (C=O) groups is 1. The molecule has 0 saturated carbocycles. The van der Waals surface area contributed by atoms with E-state index in [-0.39, 0.29) is 23.1 Å². The number of methoxy groups -OCH3 is 1. The van der Waals surface area contributed by atoms with E-state index in [0.717, 1.165) is 22.0 Å². The van der Waals surface area contributed by atoms with Crippen LogP contribution in [-0.2, 0) is 4.79 Å². The highest BCUT2D eigenvalue weighted by Gasteiger charge is 2.25. The minimum absolute atomic E-state index is 0.0241. The maximum Gasteiger partial charge on any atom is 0.329 e. The molecule has 1 aliphatic rings. The van der Waals surface area contributed by atoms with Crippen LogP contribution in [0.4, 0.5) is 4.39 Å². The molecule has 1 atom stereocenters. The summed E-state index contributed by atoms with van der Waals surface area (Å²) in [6, 6.07) is 3.72. The van der Waals surface area contributed by atoms with Gasteiger partial charge in [-0.3, -0.25) is 14.2 Å². The van der Waals surface area contributed by atoms with Crippen molar-refractivity contribution < 1.29 is 13.9 Å². The predicted octanol–water partition coefficient (Wildman–Crippen LogP) is 2.67. The molecule has 1 aliphatic heterocycles. The topological polar surface area (TPSA) is 93.2 Å². The van der Waals surface area contributed by atoms with E-state index in [2.05, 4.69) is 10.3 Å². The Hall–Kier alpha value is -2.65. The summed E-state index contributed by atoms with van der Waals surface area (Å²) < 4.78 is 20.3. The SMILES string of the molecule is COc1cc(-c2cc3[nH]c(=O)n(C4CCNC(=O)C4)c(=O)c3s2)c(Cl)cc1F. The van der Waals surface area contributed by atoms with Gasteiger partial charge in [0.2, 0.25) is 5.91 Å². The third kappa shape index (κ3) is 3.10. The van der Waals surface area contributed by atoms with E-state index in [9.17, 15) is 18.8 Å². The molecule has 0 bridgehead atoms. The summed E-state index contributed by atoms with van der Waals surface area (Å²) in [5.41, 5.74) is -0.167. The number of carbonyl (C=O) groups excluding carboxylic acids is 1. The summed E-state index contributed by atoms with van der Waals surface area (Å²) in [5, 5.41) is 2.85. The quantitative estimate of drug-likeness (QED) is 0.677. The van der Waals surface area contributed by atoms with E-state index < -0.39 is 23.1 Å². The van der Waals surface area contributed by atoms with E-state index in [4.69, 9.17) is 16.3 Å². The number of aromatic nitrogens is 2. The maximum atomic E-state index is 13.8. The first kappa shape index (κ1) is 18.7. The fourth-order valence-electron chi connectivity index (χ4n) is 3.35. The van der Waals surface area contributed by atoms with E-state index in [0.29, 0.717) is 33.6 Å². The zero-order valence-electron chi connectivity index (χ0n) is 14.7. The molecule has 28 heavy (non-hydrogen) atoms. The lowest BCUT2D eigenvalue weighted by molar-refractivity contribution is -0.123. The molecule has 4 rings (SSSR count). The lowest BCUT2D eigenvalue weighted by atomic mass is 10.1. The molecule has 3 heterocycles. The molecule has 1 aromatic carbocycles. The summed E-state index contributed by atoms with van der Waals surface area (Å²) >= 11 is 7.31. The molecule has 1 unspecified atom stereocenters. The zero-order valence-corrected chi connectivity index (χ0v) is 16.2. The van der Waals surface area contributed by atoms with Crippen molar-refractivity contribution in [2.75, 3.05) is 13.7 Å². The number of fused-ring (bicyclic) bond motifs is 1. The molecule has 0 radical (unpaired) electrons. The number of halogens is 2. The lowest BCUT2D eigenvalue weighted by Crippen LogP contribution is -2.43.